The average molecular weight is 340 g/mol. The van der Waals surface area contributed by atoms with E-state index in [1.54, 1.807) is 0 Å². The topological polar surface area (TPSA) is 15.7 Å². The summed E-state index contributed by atoms with van der Waals surface area (Å²) in [5.41, 5.74) is 2.71. The summed E-state index contributed by atoms with van der Waals surface area (Å²) in [5, 5.41) is 1.35. The molecule has 2 bridgehead atoms. The number of nitrogens with zero attached hydrogens (tertiary/aromatic N) is 2. The molecule has 4 saturated heterocycles. The van der Waals surface area contributed by atoms with E-state index in [1.165, 1.54) is 46.9 Å². The van der Waals surface area contributed by atoms with Gasteiger partial charge in [0, 0.05) is 11.4 Å². The van der Waals surface area contributed by atoms with Gasteiger partial charge in [0.1, 0.15) is 12.3 Å². The van der Waals surface area contributed by atoms with Crippen molar-refractivity contribution in [3.63, 3.8) is 0 Å². The van der Waals surface area contributed by atoms with Gasteiger partial charge in [-0.2, -0.15) is 0 Å². The van der Waals surface area contributed by atoms with Crippen LogP contribution in [0.2, 0.25) is 0 Å². The van der Waals surface area contributed by atoms with Gasteiger partial charge in [-0.25, -0.2) is 0 Å². The molecule has 1 atom stereocenters. The highest BCUT2D eigenvalue weighted by Gasteiger charge is 2.51. The molecule has 0 radical (unpaired) electrons. The summed E-state index contributed by atoms with van der Waals surface area (Å²) in [6.07, 6.45) is 2.62. The fourth-order valence-corrected chi connectivity index (χ4v) is 5.60. The Hall–Kier alpha value is -1.36. The maximum Gasteiger partial charge on any atom is 0.120 e. The van der Waals surface area contributed by atoms with E-state index in [4.69, 9.17) is 4.74 Å². The number of hydrogen-bond acceptors (Lipinski definition) is 4. The van der Waals surface area contributed by atoms with Crippen LogP contribution in [-0.2, 0) is 4.74 Å². The van der Waals surface area contributed by atoms with Gasteiger partial charge >= 0.3 is 0 Å². The van der Waals surface area contributed by atoms with Crippen LogP contribution >= 0.6 is 11.3 Å². The molecule has 24 heavy (non-hydrogen) atoms. The fourth-order valence-electron chi connectivity index (χ4n) is 4.60. The molecule has 4 fully saturated rings. The molecule has 0 N–H and O–H groups in total. The van der Waals surface area contributed by atoms with Crippen LogP contribution in [0.3, 0.4) is 0 Å². The Kier molecular flexibility index (Phi) is 3.47. The second-order valence-electron chi connectivity index (χ2n) is 7.59. The molecule has 4 heteroatoms. The third-order valence-electron chi connectivity index (χ3n) is 6.03. The van der Waals surface area contributed by atoms with E-state index in [0.717, 1.165) is 25.7 Å². The molecule has 1 aromatic heterocycles. The van der Waals surface area contributed by atoms with Gasteiger partial charge in [0.15, 0.2) is 0 Å². The summed E-state index contributed by atoms with van der Waals surface area (Å²) in [7, 11) is 0. The monoisotopic (exact) mass is 340 g/mol. The second-order valence-corrected chi connectivity index (χ2v) is 8.65. The average Bonchev–Trinajstić information content (AvgIpc) is 3.24. The number of rotatable bonds is 2. The fraction of sp³-hybridized carbons (Fsp3) is 0.500. The molecule has 126 valence electrons. The zero-order valence-electron chi connectivity index (χ0n) is 14.2. The van der Waals surface area contributed by atoms with Gasteiger partial charge in [-0.05, 0) is 56.5 Å². The normalized spacial score (nSPS) is 32.0. The minimum atomic E-state index is 0.0878. The Morgan fingerprint density at radius 2 is 1.83 bits per heavy atom. The van der Waals surface area contributed by atoms with Gasteiger partial charge in [0.25, 0.3) is 0 Å². The predicted molar refractivity (Wildman–Crippen MR) is 99.7 cm³/mol. The molecule has 4 aliphatic heterocycles. The lowest BCUT2D eigenvalue weighted by Gasteiger charge is -2.50. The van der Waals surface area contributed by atoms with Gasteiger partial charge < -0.3 is 14.5 Å². The van der Waals surface area contributed by atoms with Gasteiger partial charge in [0.2, 0.25) is 0 Å². The van der Waals surface area contributed by atoms with Crippen LogP contribution in [0.5, 0.6) is 0 Å². The third kappa shape index (κ3) is 2.40. The Bertz CT molecular complexity index is 732. The Morgan fingerprint density at radius 3 is 2.54 bits per heavy atom. The van der Waals surface area contributed by atoms with Crippen LogP contribution in [0.15, 0.2) is 36.4 Å². The Balaban J connectivity index is 1.36. The van der Waals surface area contributed by atoms with E-state index in [-0.39, 0.29) is 5.60 Å². The number of aryl methyl sites for hydroxylation is 1. The maximum absolute atomic E-state index is 6.40. The summed E-state index contributed by atoms with van der Waals surface area (Å²) in [5.74, 6) is 0.754. The number of fused-ring (bicyclic) bond motifs is 2. The van der Waals surface area contributed by atoms with Crippen molar-refractivity contribution in [3.8, 4) is 10.4 Å². The van der Waals surface area contributed by atoms with Crippen molar-refractivity contribution in [1.29, 1.82) is 0 Å². The zero-order chi connectivity index (χ0) is 16.1. The summed E-state index contributed by atoms with van der Waals surface area (Å²) in [6.45, 7) is 7.61. The van der Waals surface area contributed by atoms with E-state index >= 15 is 0 Å². The predicted octanol–water partition coefficient (Wildman–Crippen LogP) is 3.98. The van der Waals surface area contributed by atoms with Crippen molar-refractivity contribution in [2.75, 3.05) is 37.8 Å². The molecule has 5 heterocycles. The van der Waals surface area contributed by atoms with Crippen LogP contribution in [0.4, 0.5) is 5.00 Å². The lowest BCUT2D eigenvalue weighted by molar-refractivity contribution is -0.116. The number of thiophene rings is 1. The van der Waals surface area contributed by atoms with Crippen LogP contribution < -0.4 is 4.90 Å². The quantitative estimate of drug-likeness (QED) is 0.822. The van der Waals surface area contributed by atoms with Crippen LogP contribution in [0.25, 0.3) is 10.4 Å². The van der Waals surface area contributed by atoms with Crippen molar-refractivity contribution in [1.82, 2.24) is 4.90 Å². The van der Waals surface area contributed by atoms with E-state index in [0.29, 0.717) is 0 Å². The minimum absolute atomic E-state index is 0.0878. The highest BCUT2D eigenvalue weighted by Crippen LogP contribution is 2.44. The highest BCUT2D eigenvalue weighted by atomic mass is 32.1. The summed E-state index contributed by atoms with van der Waals surface area (Å²) < 4.78 is 6.40. The molecule has 1 spiro atoms. The van der Waals surface area contributed by atoms with E-state index in [2.05, 4.69) is 53.1 Å². The molecule has 0 saturated carbocycles. The molecule has 6 rings (SSSR count). The smallest absolute Gasteiger partial charge is 0.120 e. The molecule has 4 aliphatic rings. The van der Waals surface area contributed by atoms with Crippen molar-refractivity contribution >= 4 is 16.3 Å². The molecule has 1 aromatic carbocycles. The molecule has 3 nitrogen and oxygen atoms in total. The van der Waals surface area contributed by atoms with Crippen molar-refractivity contribution in [3.05, 3.63) is 42.0 Å². The van der Waals surface area contributed by atoms with Crippen molar-refractivity contribution < 1.29 is 4.74 Å². The van der Waals surface area contributed by atoms with Crippen molar-refractivity contribution in [2.24, 2.45) is 5.92 Å². The van der Waals surface area contributed by atoms with E-state index < -0.39 is 0 Å². The second kappa shape index (κ2) is 5.58. The van der Waals surface area contributed by atoms with Crippen LogP contribution in [0, 0.1) is 12.8 Å². The highest BCUT2D eigenvalue weighted by molar-refractivity contribution is 7.19. The number of ether oxygens (including phenoxy) is 1. The van der Waals surface area contributed by atoms with E-state index in [1.807, 2.05) is 11.3 Å². The van der Waals surface area contributed by atoms with Crippen LogP contribution in [0.1, 0.15) is 18.4 Å². The number of piperidine rings is 3. The zero-order valence-corrected chi connectivity index (χ0v) is 15.0. The molecule has 0 aliphatic carbocycles. The number of anilines is 1. The third-order valence-corrected chi connectivity index (χ3v) is 7.22. The molecule has 0 unspecified atom stereocenters. The first-order valence-corrected chi connectivity index (χ1v) is 9.82. The van der Waals surface area contributed by atoms with Crippen LogP contribution in [-0.4, -0.2) is 43.4 Å². The Labute approximate surface area is 147 Å². The van der Waals surface area contributed by atoms with E-state index in [9.17, 15) is 0 Å². The summed E-state index contributed by atoms with van der Waals surface area (Å²) in [4.78, 5) is 6.39. The maximum atomic E-state index is 6.40. The number of hydrogen-bond donors (Lipinski definition) is 0. The largest absolute Gasteiger partial charge is 0.351 e. The van der Waals surface area contributed by atoms with Gasteiger partial charge in [0.05, 0.1) is 11.5 Å². The minimum Gasteiger partial charge on any atom is -0.351 e. The SMILES string of the molecule is Cc1ccc(-c2ccc(N3CO[C@]4(CN5CCC4CC5)C3)s2)cc1. The van der Waals surface area contributed by atoms with Gasteiger partial charge in [-0.15, -0.1) is 11.3 Å². The first kappa shape index (κ1) is 14.9. The Morgan fingerprint density at radius 1 is 1.04 bits per heavy atom. The molecule has 0 amide bonds. The lowest BCUT2D eigenvalue weighted by Crippen LogP contribution is -2.60. The lowest BCUT2D eigenvalue weighted by atomic mass is 9.75. The standard InChI is InChI=1S/C20H24N2OS/c1-15-2-4-16(5-3-15)18-6-7-19(24-18)22-13-20(23-14-22)12-21-10-8-17(20)9-11-21/h2-7,17H,8-14H2,1H3/t20-/m1/s1. The summed E-state index contributed by atoms with van der Waals surface area (Å²) in [6, 6.07) is 13.3. The molecular formula is C20H24N2OS. The van der Waals surface area contributed by atoms with Crippen molar-refractivity contribution in [2.45, 2.75) is 25.4 Å². The first-order chi connectivity index (χ1) is 11.7. The molecular weight excluding hydrogens is 316 g/mol. The first-order valence-electron chi connectivity index (χ1n) is 9.00. The van der Waals surface area contributed by atoms with Gasteiger partial charge in [-0.3, -0.25) is 0 Å². The number of benzene rings is 1. The summed E-state index contributed by atoms with van der Waals surface area (Å²) >= 11 is 1.89. The molecule has 2 aromatic rings. The van der Waals surface area contributed by atoms with Gasteiger partial charge in [-0.1, -0.05) is 29.8 Å².